The lowest BCUT2D eigenvalue weighted by molar-refractivity contribution is -0.149. The Morgan fingerprint density at radius 2 is 2.16 bits per heavy atom. The second-order valence-electron chi connectivity index (χ2n) is 5.19. The number of nitrogens with zero attached hydrogens (tertiary/aromatic N) is 1. The lowest BCUT2D eigenvalue weighted by Gasteiger charge is -2.36. The van der Waals surface area contributed by atoms with Crippen molar-refractivity contribution in [2.45, 2.75) is 38.3 Å². The van der Waals surface area contributed by atoms with Crippen LogP contribution >= 0.6 is 0 Å². The van der Waals surface area contributed by atoms with Gasteiger partial charge in [-0.25, -0.2) is 8.78 Å². The molecule has 3 nitrogen and oxygen atoms in total. The summed E-state index contributed by atoms with van der Waals surface area (Å²) < 4.78 is 27.1. The first-order chi connectivity index (χ1) is 8.88. The summed E-state index contributed by atoms with van der Waals surface area (Å²) in [5.74, 6) is -2.72. The molecule has 0 saturated carbocycles. The van der Waals surface area contributed by atoms with Gasteiger partial charge in [0, 0.05) is 11.6 Å². The Morgan fingerprint density at radius 1 is 1.47 bits per heavy atom. The number of halogens is 2. The summed E-state index contributed by atoms with van der Waals surface area (Å²) in [6, 6.07) is 3.54. The fraction of sp³-hybridized carbons (Fsp3) is 0.500. The van der Waals surface area contributed by atoms with Gasteiger partial charge in [0.15, 0.2) is 11.6 Å². The van der Waals surface area contributed by atoms with Crippen LogP contribution in [0.25, 0.3) is 0 Å². The molecule has 2 unspecified atom stereocenters. The number of benzene rings is 1. The van der Waals surface area contributed by atoms with E-state index in [2.05, 4.69) is 0 Å². The Kier molecular flexibility index (Phi) is 3.58. The molecule has 0 bridgehead atoms. The SMILES string of the molecule is CC(c1cccc(F)c1F)N1CCCC1(C)C(=O)O. The van der Waals surface area contributed by atoms with E-state index >= 15 is 0 Å². The quantitative estimate of drug-likeness (QED) is 0.917. The highest BCUT2D eigenvalue weighted by Gasteiger charge is 2.46. The summed E-state index contributed by atoms with van der Waals surface area (Å²) in [5.41, 5.74) is -0.813. The third kappa shape index (κ3) is 2.23. The van der Waals surface area contributed by atoms with Gasteiger partial charge in [-0.15, -0.1) is 0 Å². The maximum absolute atomic E-state index is 13.8. The van der Waals surface area contributed by atoms with Gasteiger partial charge in [-0.1, -0.05) is 12.1 Å². The van der Waals surface area contributed by atoms with Gasteiger partial charge in [-0.3, -0.25) is 9.69 Å². The summed E-state index contributed by atoms with van der Waals surface area (Å²) in [6.07, 6.45) is 1.26. The van der Waals surface area contributed by atoms with Gasteiger partial charge in [0.1, 0.15) is 5.54 Å². The zero-order chi connectivity index (χ0) is 14.2. The summed E-state index contributed by atoms with van der Waals surface area (Å²) in [7, 11) is 0. The van der Waals surface area contributed by atoms with E-state index in [1.165, 1.54) is 12.1 Å². The van der Waals surface area contributed by atoms with Crippen molar-refractivity contribution in [1.82, 2.24) is 4.90 Å². The molecule has 1 aromatic carbocycles. The van der Waals surface area contributed by atoms with Crippen molar-refractivity contribution in [1.29, 1.82) is 0 Å². The molecule has 1 aromatic rings. The predicted molar refractivity (Wildman–Crippen MR) is 66.8 cm³/mol. The average Bonchev–Trinajstić information content (AvgIpc) is 2.75. The van der Waals surface area contributed by atoms with Gasteiger partial charge in [0.2, 0.25) is 0 Å². The van der Waals surface area contributed by atoms with E-state index in [1.807, 2.05) is 0 Å². The molecule has 0 aliphatic carbocycles. The molecule has 0 aromatic heterocycles. The van der Waals surface area contributed by atoms with E-state index in [1.54, 1.807) is 18.7 Å². The van der Waals surface area contributed by atoms with Crippen molar-refractivity contribution in [3.8, 4) is 0 Å². The molecule has 1 heterocycles. The van der Waals surface area contributed by atoms with Crippen LogP contribution in [0, 0.1) is 11.6 Å². The van der Waals surface area contributed by atoms with Crippen LogP contribution in [0.15, 0.2) is 18.2 Å². The van der Waals surface area contributed by atoms with Gasteiger partial charge >= 0.3 is 5.97 Å². The second-order valence-corrected chi connectivity index (χ2v) is 5.19. The molecule has 104 valence electrons. The van der Waals surface area contributed by atoms with E-state index in [9.17, 15) is 18.7 Å². The van der Waals surface area contributed by atoms with E-state index in [0.29, 0.717) is 13.0 Å². The van der Waals surface area contributed by atoms with Crippen molar-refractivity contribution < 1.29 is 18.7 Å². The van der Waals surface area contributed by atoms with E-state index in [4.69, 9.17) is 0 Å². The van der Waals surface area contributed by atoms with Crippen molar-refractivity contribution in [3.05, 3.63) is 35.4 Å². The molecule has 1 aliphatic rings. The minimum absolute atomic E-state index is 0.203. The number of carboxylic acids is 1. The van der Waals surface area contributed by atoms with Crippen molar-refractivity contribution >= 4 is 5.97 Å². The third-order valence-electron chi connectivity index (χ3n) is 4.06. The zero-order valence-corrected chi connectivity index (χ0v) is 11.0. The van der Waals surface area contributed by atoms with Crippen LogP contribution in [0.3, 0.4) is 0 Å². The first-order valence-corrected chi connectivity index (χ1v) is 6.32. The maximum Gasteiger partial charge on any atom is 0.323 e. The fourth-order valence-electron chi connectivity index (χ4n) is 2.85. The summed E-state index contributed by atoms with van der Waals surface area (Å²) >= 11 is 0. The molecule has 19 heavy (non-hydrogen) atoms. The molecule has 0 radical (unpaired) electrons. The van der Waals surface area contributed by atoms with Crippen LogP contribution in [0.5, 0.6) is 0 Å². The molecule has 1 fully saturated rings. The Balaban J connectivity index is 2.36. The lowest BCUT2D eigenvalue weighted by Crippen LogP contribution is -2.49. The number of aliphatic carboxylic acids is 1. The number of hydrogen-bond donors (Lipinski definition) is 1. The number of likely N-dealkylation sites (tertiary alicyclic amines) is 1. The van der Waals surface area contributed by atoms with E-state index in [0.717, 1.165) is 12.5 Å². The second kappa shape index (κ2) is 4.89. The van der Waals surface area contributed by atoms with Crippen LogP contribution < -0.4 is 0 Å². The molecule has 0 amide bonds. The van der Waals surface area contributed by atoms with Crippen molar-refractivity contribution in [2.24, 2.45) is 0 Å². The van der Waals surface area contributed by atoms with Crippen LogP contribution in [-0.4, -0.2) is 28.1 Å². The lowest BCUT2D eigenvalue weighted by atomic mass is 9.96. The van der Waals surface area contributed by atoms with E-state index < -0.39 is 29.2 Å². The van der Waals surface area contributed by atoms with Gasteiger partial charge in [-0.2, -0.15) is 0 Å². The molecule has 1 aliphatic heterocycles. The fourth-order valence-corrected chi connectivity index (χ4v) is 2.85. The Hall–Kier alpha value is -1.49. The van der Waals surface area contributed by atoms with Gasteiger partial charge < -0.3 is 5.11 Å². The summed E-state index contributed by atoms with van der Waals surface area (Å²) in [4.78, 5) is 13.1. The highest BCUT2D eigenvalue weighted by molar-refractivity contribution is 5.78. The molecule has 1 saturated heterocycles. The molecule has 2 atom stereocenters. The predicted octanol–water partition coefficient (Wildman–Crippen LogP) is 2.96. The Morgan fingerprint density at radius 3 is 2.79 bits per heavy atom. The highest BCUT2D eigenvalue weighted by Crippen LogP contribution is 2.37. The molecule has 5 heteroatoms. The van der Waals surface area contributed by atoms with Crippen LogP contribution in [0.1, 0.15) is 38.3 Å². The normalized spacial score (nSPS) is 25.5. The van der Waals surface area contributed by atoms with Gasteiger partial charge in [0.05, 0.1) is 0 Å². The smallest absolute Gasteiger partial charge is 0.323 e. The van der Waals surface area contributed by atoms with Crippen molar-refractivity contribution in [2.75, 3.05) is 6.54 Å². The third-order valence-corrected chi connectivity index (χ3v) is 4.06. The van der Waals surface area contributed by atoms with Crippen LogP contribution in [0.4, 0.5) is 8.78 Å². The van der Waals surface area contributed by atoms with E-state index in [-0.39, 0.29) is 5.56 Å². The number of hydrogen-bond acceptors (Lipinski definition) is 2. The number of carboxylic acid groups (broad SMARTS) is 1. The first-order valence-electron chi connectivity index (χ1n) is 6.32. The number of carbonyl (C=O) groups is 1. The molecule has 2 rings (SSSR count). The van der Waals surface area contributed by atoms with Gasteiger partial charge in [0.25, 0.3) is 0 Å². The zero-order valence-electron chi connectivity index (χ0n) is 11.0. The molecular weight excluding hydrogens is 252 g/mol. The summed E-state index contributed by atoms with van der Waals surface area (Å²) in [6.45, 7) is 3.92. The average molecular weight is 269 g/mol. The molecule has 1 N–H and O–H groups in total. The van der Waals surface area contributed by atoms with Gasteiger partial charge in [-0.05, 0) is 39.3 Å². The minimum atomic E-state index is -1.02. The topological polar surface area (TPSA) is 40.5 Å². The standard InChI is InChI=1S/C14H17F2NO2/c1-9(10-5-3-6-11(15)12(10)16)17-8-4-7-14(17,2)13(18)19/h3,5-6,9H,4,7-8H2,1-2H3,(H,18,19). The Bertz CT molecular complexity index is 506. The van der Waals surface area contributed by atoms with Crippen molar-refractivity contribution in [3.63, 3.8) is 0 Å². The first kappa shape index (κ1) is 13.9. The summed E-state index contributed by atoms with van der Waals surface area (Å²) in [5, 5.41) is 9.35. The monoisotopic (exact) mass is 269 g/mol. The molecular formula is C14H17F2NO2. The largest absolute Gasteiger partial charge is 0.480 e. The maximum atomic E-state index is 13.8. The minimum Gasteiger partial charge on any atom is -0.480 e. The Labute approximate surface area is 110 Å². The van der Waals surface area contributed by atoms with Crippen LogP contribution in [-0.2, 0) is 4.79 Å². The number of rotatable bonds is 3. The van der Waals surface area contributed by atoms with Crippen LogP contribution in [0.2, 0.25) is 0 Å². The highest BCUT2D eigenvalue weighted by atomic mass is 19.2. The molecule has 0 spiro atoms.